The lowest BCUT2D eigenvalue weighted by Crippen LogP contribution is -2.23. The third-order valence-electron chi connectivity index (χ3n) is 2.82. The summed E-state index contributed by atoms with van der Waals surface area (Å²) in [5.74, 6) is 0. The van der Waals surface area contributed by atoms with Gasteiger partial charge in [0.05, 0.1) is 13.2 Å². The number of tetrazole rings is 1. The highest BCUT2D eigenvalue weighted by molar-refractivity contribution is 7.99. The molecule has 1 unspecified atom stereocenters. The second-order valence-corrected chi connectivity index (χ2v) is 5.66. The molecule has 0 amide bonds. The van der Waals surface area contributed by atoms with Crippen LogP contribution in [0.2, 0.25) is 0 Å². The predicted octanol–water partition coefficient (Wildman–Crippen LogP) is 0.944. The van der Waals surface area contributed by atoms with Crippen LogP contribution in [0.4, 0.5) is 0 Å². The monoisotopic (exact) mass is 271 g/mol. The summed E-state index contributed by atoms with van der Waals surface area (Å²) in [6, 6.07) is 0. The fraction of sp³-hybridized carbons (Fsp3) is 0.909. The van der Waals surface area contributed by atoms with Gasteiger partial charge >= 0.3 is 0 Å². The molecule has 102 valence electrons. The summed E-state index contributed by atoms with van der Waals surface area (Å²) in [6.45, 7) is 6.64. The van der Waals surface area contributed by atoms with Gasteiger partial charge in [-0.15, -0.1) is 5.10 Å². The van der Waals surface area contributed by atoms with Gasteiger partial charge < -0.3 is 10.1 Å². The lowest BCUT2D eigenvalue weighted by Gasteiger charge is -2.20. The van der Waals surface area contributed by atoms with E-state index in [9.17, 15) is 0 Å². The van der Waals surface area contributed by atoms with Crippen molar-refractivity contribution in [2.45, 2.75) is 43.1 Å². The Morgan fingerprint density at radius 3 is 3.22 bits per heavy atom. The maximum atomic E-state index is 5.47. The Morgan fingerprint density at radius 1 is 1.50 bits per heavy atom. The standard InChI is InChI=1S/C11H21N5OS/c1-2-5-12-6-7-16-11(13-14-15-16)18-10-4-3-8-17-9-10/h10,12H,2-9H2,1H3. The fourth-order valence-corrected chi connectivity index (χ4v) is 2.94. The van der Waals surface area contributed by atoms with Crippen molar-refractivity contribution >= 4 is 11.8 Å². The van der Waals surface area contributed by atoms with Gasteiger partial charge in [-0.25, -0.2) is 4.68 Å². The van der Waals surface area contributed by atoms with Crippen LogP contribution in [0.1, 0.15) is 26.2 Å². The third-order valence-corrected chi connectivity index (χ3v) is 4.03. The van der Waals surface area contributed by atoms with Crippen molar-refractivity contribution in [3.63, 3.8) is 0 Å². The summed E-state index contributed by atoms with van der Waals surface area (Å²) in [6.07, 6.45) is 3.47. The Hall–Kier alpha value is -0.660. The second-order valence-electron chi connectivity index (χ2n) is 4.39. The van der Waals surface area contributed by atoms with E-state index in [2.05, 4.69) is 27.8 Å². The van der Waals surface area contributed by atoms with E-state index in [0.29, 0.717) is 5.25 Å². The van der Waals surface area contributed by atoms with E-state index in [1.807, 2.05) is 4.68 Å². The van der Waals surface area contributed by atoms with Gasteiger partial charge in [-0.05, 0) is 36.2 Å². The number of nitrogens with one attached hydrogen (secondary N) is 1. The van der Waals surface area contributed by atoms with Crippen molar-refractivity contribution in [2.24, 2.45) is 0 Å². The first-order valence-corrected chi connectivity index (χ1v) is 7.49. The van der Waals surface area contributed by atoms with Crippen LogP contribution in [0.25, 0.3) is 0 Å². The molecule has 0 aliphatic carbocycles. The highest BCUT2D eigenvalue weighted by Crippen LogP contribution is 2.26. The summed E-state index contributed by atoms with van der Waals surface area (Å²) in [4.78, 5) is 0. The summed E-state index contributed by atoms with van der Waals surface area (Å²) >= 11 is 1.74. The van der Waals surface area contributed by atoms with Gasteiger partial charge in [0.25, 0.3) is 0 Å². The molecule has 2 rings (SSSR count). The molecule has 0 saturated carbocycles. The van der Waals surface area contributed by atoms with Crippen molar-refractivity contribution in [1.29, 1.82) is 0 Å². The first-order valence-electron chi connectivity index (χ1n) is 6.61. The molecule has 2 heterocycles. The van der Waals surface area contributed by atoms with Crippen molar-refractivity contribution in [2.75, 3.05) is 26.3 Å². The number of aromatic nitrogens is 4. The fourth-order valence-electron chi connectivity index (χ4n) is 1.86. The lowest BCUT2D eigenvalue weighted by atomic mass is 10.2. The number of nitrogens with zero attached hydrogens (tertiary/aromatic N) is 4. The molecule has 1 aromatic heterocycles. The smallest absolute Gasteiger partial charge is 0.209 e. The summed E-state index contributed by atoms with van der Waals surface area (Å²) in [5.41, 5.74) is 0. The lowest BCUT2D eigenvalue weighted by molar-refractivity contribution is 0.101. The van der Waals surface area contributed by atoms with Crippen molar-refractivity contribution < 1.29 is 4.74 Å². The van der Waals surface area contributed by atoms with Crippen LogP contribution in [0.15, 0.2) is 5.16 Å². The SMILES string of the molecule is CCCNCCn1nnnc1SC1CCCOC1. The number of ether oxygens (including phenoxy) is 1. The van der Waals surface area contributed by atoms with Crippen LogP contribution in [-0.2, 0) is 11.3 Å². The maximum Gasteiger partial charge on any atom is 0.209 e. The molecule has 1 N–H and O–H groups in total. The van der Waals surface area contributed by atoms with Crippen LogP contribution in [0.5, 0.6) is 0 Å². The van der Waals surface area contributed by atoms with Crippen molar-refractivity contribution in [3.05, 3.63) is 0 Å². The van der Waals surface area contributed by atoms with Gasteiger partial charge in [-0.1, -0.05) is 18.7 Å². The van der Waals surface area contributed by atoms with Gasteiger partial charge in [0, 0.05) is 18.4 Å². The van der Waals surface area contributed by atoms with E-state index in [4.69, 9.17) is 4.74 Å². The Morgan fingerprint density at radius 2 is 2.44 bits per heavy atom. The summed E-state index contributed by atoms with van der Waals surface area (Å²) < 4.78 is 7.35. The van der Waals surface area contributed by atoms with E-state index in [1.54, 1.807) is 11.8 Å². The molecule has 0 aromatic carbocycles. The molecule has 0 radical (unpaired) electrons. The minimum atomic E-state index is 0.493. The zero-order valence-corrected chi connectivity index (χ0v) is 11.7. The van der Waals surface area contributed by atoms with Gasteiger partial charge in [0.15, 0.2) is 0 Å². The van der Waals surface area contributed by atoms with E-state index < -0.39 is 0 Å². The van der Waals surface area contributed by atoms with Crippen LogP contribution in [-0.4, -0.2) is 51.8 Å². The van der Waals surface area contributed by atoms with Gasteiger partial charge in [-0.2, -0.15) is 0 Å². The Labute approximate surface area is 112 Å². The second kappa shape index (κ2) is 7.70. The predicted molar refractivity (Wildman–Crippen MR) is 70.7 cm³/mol. The van der Waals surface area contributed by atoms with Gasteiger partial charge in [-0.3, -0.25) is 0 Å². The molecule has 0 bridgehead atoms. The van der Waals surface area contributed by atoms with Crippen LogP contribution < -0.4 is 5.32 Å². The molecular formula is C11H21N5OS. The zero-order chi connectivity index (χ0) is 12.6. The molecule has 6 nitrogen and oxygen atoms in total. The Balaban J connectivity index is 1.79. The number of hydrogen-bond acceptors (Lipinski definition) is 6. The molecule has 1 aliphatic rings. The number of thioether (sulfide) groups is 1. The van der Waals surface area contributed by atoms with Crippen molar-refractivity contribution in [1.82, 2.24) is 25.5 Å². The normalized spacial score (nSPS) is 20.2. The third kappa shape index (κ3) is 4.22. The first kappa shape index (κ1) is 13.8. The van der Waals surface area contributed by atoms with Gasteiger partial charge in [0.2, 0.25) is 5.16 Å². The van der Waals surface area contributed by atoms with E-state index in [1.165, 1.54) is 6.42 Å². The highest BCUT2D eigenvalue weighted by atomic mass is 32.2. The quantitative estimate of drug-likeness (QED) is 0.745. The minimum Gasteiger partial charge on any atom is -0.380 e. The average Bonchev–Trinajstić information content (AvgIpc) is 2.83. The molecular weight excluding hydrogens is 250 g/mol. The average molecular weight is 271 g/mol. The maximum absolute atomic E-state index is 5.47. The number of hydrogen-bond donors (Lipinski definition) is 1. The summed E-state index contributed by atoms with van der Waals surface area (Å²) in [7, 11) is 0. The Bertz CT molecular complexity index is 340. The van der Waals surface area contributed by atoms with Crippen LogP contribution >= 0.6 is 11.8 Å². The molecule has 0 spiro atoms. The topological polar surface area (TPSA) is 64.9 Å². The largest absolute Gasteiger partial charge is 0.380 e. The Kier molecular flexibility index (Phi) is 5.89. The molecule has 18 heavy (non-hydrogen) atoms. The minimum absolute atomic E-state index is 0.493. The molecule has 1 aliphatic heterocycles. The van der Waals surface area contributed by atoms with Crippen molar-refractivity contribution in [3.8, 4) is 0 Å². The van der Waals surface area contributed by atoms with Crippen LogP contribution in [0, 0.1) is 0 Å². The van der Waals surface area contributed by atoms with Crippen LogP contribution in [0.3, 0.4) is 0 Å². The molecule has 7 heteroatoms. The molecule has 1 aromatic rings. The van der Waals surface area contributed by atoms with E-state index >= 15 is 0 Å². The molecule has 1 atom stereocenters. The van der Waals surface area contributed by atoms with E-state index in [0.717, 1.165) is 50.8 Å². The zero-order valence-electron chi connectivity index (χ0n) is 10.8. The number of rotatable bonds is 7. The van der Waals surface area contributed by atoms with E-state index in [-0.39, 0.29) is 0 Å². The molecule has 1 saturated heterocycles. The summed E-state index contributed by atoms with van der Waals surface area (Å²) in [5, 5.41) is 16.6. The highest BCUT2D eigenvalue weighted by Gasteiger charge is 2.18. The first-order chi connectivity index (χ1) is 8.90. The molecule has 1 fully saturated rings. The van der Waals surface area contributed by atoms with Gasteiger partial charge in [0.1, 0.15) is 0 Å².